The fourth-order valence-corrected chi connectivity index (χ4v) is 8.42. The highest BCUT2D eigenvalue weighted by atomic mass is 28.3. The lowest BCUT2D eigenvalue weighted by atomic mass is 10.1. The first kappa shape index (κ1) is 37.8. The molecule has 0 unspecified atom stereocenters. The molecule has 0 aliphatic rings. The van der Waals surface area contributed by atoms with Crippen molar-refractivity contribution in [3.05, 3.63) is 64.7 Å². The van der Waals surface area contributed by atoms with Crippen LogP contribution in [-0.2, 0) is 0 Å². The Morgan fingerprint density at radius 1 is 0.667 bits per heavy atom. The van der Waals surface area contributed by atoms with Crippen molar-refractivity contribution in [1.29, 1.82) is 0 Å². The molecule has 0 N–H and O–H groups in total. The van der Waals surface area contributed by atoms with Crippen LogP contribution >= 0.6 is 0 Å². The van der Waals surface area contributed by atoms with Gasteiger partial charge < -0.3 is 9.47 Å². The minimum atomic E-state index is -1.31. The quantitative estimate of drug-likeness (QED) is 0.119. The van der Waals surface area contributed by atoms with Crippen LogP contribution in [0.3, 0.4) is 0 Å². The van der Waals surface area contributed by atoms with Crippen molar-refractivity contribution < 1.29 is 9.47 Å². The Morgan fingerprint density at radius 3 is 1.83 bits per heavy atom. The van der Waals surface area contributed by atoms with E-state index in [-0.39, 0.29) is 0 Å². The summed E-state index contributed by atoms with van der Waals surface area (Å²) in [5.74, 6) is 1.87. The fourth-order valence-electron chi connectivity index (χ4n) is 5.45. The molecule has 0 atom stereocenters. The van der Waals surface area contributed by atoms with Gasteiger partial charge in [0.25, 0.3) is 0 Å². The summed E-state index contributed by atoms with van der Waals surface area (Å²) in [6.45, 7) is 18.8. The van der Waals surface area contributed by atoms with Gasteiger partial charge in [0.05, 0.1) is 21.8 Å². The lowest BCUT2D eigenvalue weighted by Crippen LogP contribution is -2.42. The fraction of sp³-hybridized carbons (Fsp3) is 0.590. The van der Waals surface area contributed by atoms with Crippen LogP contribution in [0, 0.1) is 13.8 Å². The van der Waals surface area contributed by atoms with Crippen LogP contribution in [0.25, 0.3) is 12.2 Å². The number of aryl methyl sites for hydroxylation is 2. The molecule has 0 aliphatic carbocycles. The van der Waals surface area contributed by atoms with Crippen LogP contribution < -0.4 is 14.7 Å². The van der Waals surface area contributed by atoms with Crippen molar-refractivity contribution in [3.63, 3.8) is 0 Å². The summed E-state index contributed by atoms with van der Waals surface area (Å²) in [4.78, 5) is 0. The van der Waals surface area contributed by atoms with Crippen LogP contribution in [0.2, 0.25) is 19.1 Å². The Balaban J connectivity index is 0.000000420. The van der Waals surface area contributed by atoms with Crippen molar-refractivity contribution in [2.24, 2.45) is 0 Å². The van der Waals surface area contributed by atoms with E-state index in [1.807, 2.05) is 19.1 Å². The Kier molecular flexibility index (Phi) is 20.0. The molecule has 0 saturated heterocycles. The van der Waals surface area contributed by atoms with Crippen molar-refractivity contribution in [2.45, 2.75) is 138 Å². The summed E-state index contributed by atoms with van der Waals surface area (Å²) in [6.07, 6.45) is 24.7. The summed E-state index contributed by atoms with van der Waals surface area (Å²) in [6, 6.07) is 12.5. The van der Waals surface area contributed by atoms with Crippen LogP contribution in [0.4, 0.5) is 0 Å². The first-order valence-electron chi connectivity index (χ1n) is 16.9. The van der Waals surface area contributed by atoms with Gasteiger partial charge in [-0.15, -0.1) is 0 Å². The van der Waals surface area contributed by atoms with E-state index in [0.717, 1.165) is 35.7 Å². The Bertz CT molecular complexity index is 1050. The summed E-state index contributed by atoms with van der Waals surface area (Å²) in [5.41, 5.74) is 5.06. The highest BCUT2D eigenvalue weighted by molar-refractivity contribution is 6.90. The number of unbranched alkanes of at least 4 members (excludes halogenated alkanes) is 10. The predicted octanol–water partition coefficient (Wildman–Crippen LogP) is 12.1. The topological polar surface area (TPSA) is 18.5 Å². The molecule has 3 heteroatoms. The van der Waals surface area contributed by atoms with E-state index in [1.165, 1.54) is 87.8 Å². The van der Waals surface area contributed by atoms with Crippen LogP contribution in [0.1, 0.15) is 127 Å². The maximum atomic E-state index is 5.94. The third-order valence-corrected chi connectivity index (χ3v) is 11.6. The van der Waals surface area contributed by atoms with E-state index in [2.05, 4.69) is 90.2 Å². The second-order valence-electron chi connectivity index (χ2n) is 12.5. The summed E-state index contributed by atoms with van der Waals surface area (Å²) in [7, 11) is 0.395. The molecule has 0 heterocycles. The molecule has 0 amide bonds. The van der Waals surface area contributed by atoms with Gasteiger partial charge >= 0.3 is 0 Å². The van der Waals surface area contributed by atoms with E-state index in [9.17, 15) is 0 Å². The van der Waals surface area contributed by atoms with E-state index < -0.39 is 8.07 Å². The molecule has 0 bridgehead atoms. The van der Waals surface area contributed by atoms with Crippen molar-refractivity contribution in [3.8, 4) is 11.5 Å². The highest BCUT2D eigenvalue weighted by Gasteiger charge is 2.25. The maximum absolute atomic E-state index is 5.94. The molecule has 0 aromatic heterocycles. The van der Waals surface area contributed by atoms with Gasteiger partial charge in [-0.3, -0.25) is 0 Å². The Hall–Kier alpha value is -2.26. The predicted molar refractivity (Wildman–Crippen MR) is 192 cm³/mol. The summed E-state index contributed by atoms with van der Waals surface area (Å²) in [5, 5.41) is 1.65. The second kappa shape index (κ2) is 22.3. The molecule has 2 rings (SSSR count). The molecule has 0 spiro atoms. The first-order chi connectivity index (χ1) is 20.2. The van der Waals surface area contributed by atoms with Gasteiger partial charge in [0.2, 0.25) is 0 Å². The monoisotopic (exact) mass is 592 g/mol. The largest absolute Gasteiger partial charge is 0.496 e. The van der Waals surface area contributed by atoms with Gasteiger partial charge in [-0.05, 0) is 57.4 Å². The molecule has 2 nitrogen and oxygen atoms in total. The smallest absolute Gasteiger partial charge is 0.126 e. The average molecular weight is 593 g/mol. The molecule has 0 fully saturated rings. The number of allylic oxidation sites excluding steroid dienone is 2. The number of hydrogen-bond acceptors (Lipinski definition) is 2. The van der Waals surface area contributed by atoms with Gasteiger partial charge in [-0.2, -0.15) is 0 Å². The minimum Gasteiger partial charge on any atom is -0.496 e. The summed E-state index contributed by atoms with van der Waals surface area (Å²) >= 11 is 0. The van der Waals surface area contributed by atoms with E-state index >= 15 is 0 Å². The van der Waals surface area contributed by atoms with E-state index in [1.54, 1.807) is 12.3 Å². The van der Waals surface area contributed by atoms with Gasteiger partial charge in [-0.1, -0.05) is 157 Å². The Labute approximate surface area is 262 Å². The third kappa shape index (κ3) is 14.8. The number of benzene rings is 2. The lowest BCUT2D eigenvalue weighted by molar-refractivity contribution is 0.301. The minimum absolute atomic E-state index is 0.800. The van der Waals surface area contributed by atoms with Gasteiger partial charge in [0, 0.05) is 5.56 Å². The molecule has 42 heavy (non-hydrogen) atoms. The SMILES string of the molecule is C/C=C/c1cc(OCCCCCCCC)c(C)cc1OC.C/C=C/c1ccc(C)cc1[Si](C)(C)CCCCCCCC. The first-order valence-corrected chi connectivity index (χ1v) is 20.1. The molecule has 0 radical (unpaired) electrons. The standard InChI is InChI=1S/C20H34Si.C19H30O2/c1-6-8-9-10-11-12-16-21(4,5)20-17-18(3)14-15-19(20)13-7-2;1-5-7-8-9-10-11-13-21-18-15-17(12-6-2)19(20-4)14-16(18)3/h7,13-15,17H,6,8-12,16H2,1-5H3;6,12,14-15H,5,7-11,13H2,1-4H3/b13-7+;12-6+. The van der Waals surface area contributed by atoms with Gasteiger partial charge in [0.15, 0.2) is 0 Å². The molecule has 0 aliphatic heterocycles. The normalized spacial score (nSPS) is 11.6. The third-order valence-electron chi connectivity index (χ3n) is 8.07. The zero-order valence-electron chi connectivity index (χ0n) is 28.9. The van der Waals surface area contributed by atoms with E-state index in [0.29, 0.717) is 0 Å². The zero-order chi connectivity index (χ0) is 31.2. The average Bonchev–Trinajstić information content (AvgIpc) is 2.97. The van der Waals surface area contributed by atoms with Crippen molar-refractivity contribution in [2.75, 3.05) is 13.7 Å². The van der Waals surface area contributed by atoms with Crippen molar-refractivity contribution in [1.82, 2.24) is 0 Å². The molecule has 2 aromatic carbocycles. The number of methoxy groups -OCH3 is 1. The molecular formula is C39H64O2Si. The highest BCUT2D eigenvalue weighted by Crippen LogP contribution is 2.29. The van der Waals surface area contributed by atoms with Crippen LogP contribution in [-0.4, -0.2) is 21.8 Å². The van der Waals surface area contributed by atoms with Crippen molar-refractivity contribution >= 4 is 25.4 Å². The van der Waals surface area contributed by atoms with E-state index in [4.69, 9.17) is 9.47 Å². The maximum Gasteiger partial charge on any atom is 0.126 e. The second-order valence-corrected chi connectivity index (χ2v) is 17.3. The molecule has 236 valence electrons. The molecule has 2 aromatic rings. The number of rotatable bonds is 19. The van der Waals surface area contributed by atoms with Crippen LogP contribution in [0.5, 0.6) is 11.5 Å². The lowest BCUT2D eigenvalue weighted by Gasteiger charge is -2.25. The molecular weight excluding hydrogens is 529 g/mol. The molecule has 0 saturated carbocycles. The van der Waals surface area contributed by atoms with Gasteiger partial charge in [-0.25, -0.2) is 0 Å². The zero-order valence-corrected chi connectivity index (χ0v) is 29.9. The number of ether oxygens (including phenoxy) is 2. The Morgan fingerprint density at radius 2 is 1.24 bits per heavy atom. The number of hydrogen-bond donors (Lipinski definition) is 0. The van der Waals surface area contributed by atoms with Crippen LogP contribution in [0.15, 0.2) is 42.5 Å². The summed E-state index contributed by atoms with van der Waals surface area (Å²) < 4.78 is 11.3. The van der Waals surface area contributed by atoms with Gasteiger partial charge in [0.1, 0.15) is 11.5 Å².